The summed E-state index contributed by atoms with van der Waals surface area (Å²) in [5.41, 5.74) is 0. The van der Waals surface area contributed by atoms with Gasteiger partial charge in [-0.25, -0.2) is 0 Å². The van der Waals surface area contributed by atoms with Gasteiger partial charge in [-0.15, -0.1) is 0 Å². The van der Waals surface area contributed by atoms with Gasteiger partial charge in [-0.05, 0) is 30.6 Å². The molecule has 0 amide bonds. The summed E-state index contributed by atoms with van der Waals surface area (Å²) in [4.78, 5) is 0. The Labute approximate surface area is 93.3 Å². The summed E-state index contributed by atoms with van der Waals surface area (Å²) in [6.45, 7) is 3.96. The molecule has 2 unspecified atom stereocenters. The van der Waals surface area contributed by atoms with Gasteiger partial charge in [0.2, 0.25) is 0 Å². The molecule has 2 saturated carbocycles. The molecule has 3 aliphatic rings. The van der Waals surface area contributed by atoms with E-state index >= 15 is 0 Å². The Morgan fingerprint density at radius 1 is 1.07 bits per heavy atom. The minimum atomic E-state index is -0.131. The standard InChI is InChI=1S/C12H20O2.CH4/c1-2-9-5-10-7-12(8-11(10)6-9)13-3-4-14-12;/h9-11H,2-8H2,1H3;1H4. The van der Waals surface area contributed by atoms with Crippen LogP contribution in [-0.2, 0) is 9.47 Å². The highest BCUT2D eigenvalue weighted by Gasteiger charge is 2.52. The molecule has 0 bridgehead atoms. The van der Waals surface area contributed by atoms with Crippen molar-refractivity contribution in [3.8, 4) is 0 Å². The fourth-order valence-electron chi connectivity index (χ4n) is 3.79. The minimum absolute atomic E-state index is 0. The topological polar surface area (TPSA) is 18.5 Å². The van der Waals surface area contributed by atoms with Gasteiger partial charge in [0.1, 0.15) is 0 Å². The number of ether oxygens (including phenoxy) is 2. The summed E-state index contributed by atoms with van der Waals surface area (Å²) in [5.74, 6) is 2.66. The Kier molecular flexibility index (Phi) is 3.09. The second-order valence-electron chi connectivity index (χ2n) is 5.28. The molecule has 2 nitrogen and oxygen atoms in total. The van der Waals surface area contributed by atoms with Crippen molar-refractivity contribution < 1.29 is 9.47 Å². The second-order valence-corrected chi connectivity index (χ2v) is 5.28. The Hall–Kier alpha value is -0.0800. The van der Waals surface area contributed by atoms with E-state index in [1.54, 1.807) is 0 Å². The van der Waals surface area contributed by atoms with Crippen LogP contribution < -0.4 is 0 Å². The van der Waals surface area contributed by atoms with Gasteiger partial charge < -0.3 is 9.47 Å². The summed E-state index contributed by atoms with van der Waals surface area (Å²) in [5, 5.41) is 0. The largest absolute Gasteiger partial charge is 0.348 e. The quantitative estimate of drug-likeness (QED) is 0.664. The van der Waals surface area contributed by atoms with Crippen molar-refractivity contribution in [1.82, 2.24) is 0 Å². The molecular weight excluding hydrogens is 188 g/mol. The maximum Gasteiger partial charge on any atom is 0.169 e. The molecule has 0 N–H and O–H groups in total. The highest BCUT2D eigenvalue weighted by Crippen LogP contribution is 2.54. The van der Waals surface area contributed by atoms with Crippen molar-refractivity contribution >= 4 is 0 Å². The predicted octanol–water partition coefficient (Wildman–Crippen LogP) is 3.21. The molecule has 88 valence electrons. The number of hydrogen-bond acceptors (Lipinski definition) is 2. The minimum Gasteiger partial charge on any atom is -0.348 e. The lowest BCUT2D eigenvalue weighted by Gasteiger charge is -2.23. The molecule has 3 rings (SSSR count). The SMILES string of the molecule is C.CCC1CC2CC3(CC2C1)OCCO3. The molecule has 0 radical (unpaired) electrons. The van der Waals surface area contributed by atoms with Crippen LogP contribution in [0.25, 0.3) is 0 Å². The first-order valence-corrected chi connectivity index (χ1v) is 6.09. The first-order valence-electron chi connectivity index (χ1n) is 6.09. The van der Waals surface area contributed by atoms with E-state index in [0.29, 0.717) is 0 Å². The van der Waals surface area contributed by atoms with E-state index in [1.807, 2.05) is 0 Å². The zero-order chi connectivity index (χ0) is 9.60. The van der Waals surface area contributed by atoms with E-state index in [2.05, 4.69) is 6.92 Å². The molecule has 1 aliphatic heterocycles. The van der Waals surface area contributed by atoms with Crippen LogP contribution in [-0.4, -0.2) is 19.0 Å². The predicted molar refractivity (Wildman–Crippen MR) is 60.6 cm³/mol. The fourth-order valence-corrected chi connectivity index (χ4v) is 3.79. The third kappa shape index (κ3) is 1.83. The second kappa shape index (κ2) is 4.06. The molecule has 0 aromatic carbocycles. The van der Waals surface area contributed by atoms with Gasteiger partial charge in [0.05, 0.1) is 13.2 Å². The van der Waals surface area contributed by atoms with Gasteiger partial charge in [0.15, 0.2) is 5.79 Å². The molecule has 1 spiro atoms. The Morgan fingerprint density at radius 2 is 1.60 bits per heavy atom. The number of fused-ring (bicyclic) bond motifs is 1. The highest BCUT2D eigenvalue weighted by molar-refractivity contribution is 4.97. The lowest BCUT2D eigenvalue weighted by molar-refractivity contribution is -0.155. The first-order chi connectivity index (χ1) is 6.81. The maximum absolute atomic E-state index is 5.78. The lowest BCUT2D eigenvalue weighted by atomic mass is 9.99. The molecule has 0 aromatic heterocycles. The van der Waals surface area contributed by atoms with E-state index < -0.39 is 0 Å². The molecule has 3 fully saturated rings. The molecule has 0 aromatic rings. The number of hydrogen-bond donors (Lipinski definition) is 0. The van der Waals surface area contributed by atoms with Gasteiger partial charge in [-0.2, -0.15) is 0 Å². The molecule has 1 heterocycles. The highest BCUT2D eigenvalue weighted by atomic mass is 16.7. The van der Waals surface area contributed by atoms with Crippen molar-refractivity contribution in [2.24, 2.45) is 17.8 Å². The third-order valence-electron chi connectivity index (χ3n) is 4.48. The monoisotopic (exact) mass is 212 g/mol. The summed E-state index contributed by atoms with van der Waals surface area (Å²) < 4.78 is 11.6. The smallest absolute Gasteiger partial charge is 0.169 e. The Bertz CT molecular complexity index is 205. The van der Waals surface area contributed by atoms with Crippen molar-refractivity contribution in [3.05, 3.63) is 0 Å². The van der Waals surface area contributed by atoms with E-state index in [0.717, 1.165) is 31.0 Å². The fraction of sp³-hybridized carbons (Fsp3) is 1.00. The van der Waals surface area contributed by atoms with Crippen molar-refractivity contribution in [2.75, 3.05) is 13.2 Å². The first kappa shape index (κ1) is 11.4. The van der Waals surface area contributed by atoms with Crippen LogP contribution in [0.4, 0.5) is 0 Å². The van der Waals surface area contributed by atoms with E-state index in [4.69, 9.17) is 9.47 Å². The van der Waals surface area contributed by atoms with E-state index in [-0.39, 0.29) is 13.2 Å². The van der Waals surface area contributed by atoms with E-state index in [1.165, 1.54) is 32.1 Å². The van der Waals surface area contributed by atoms with Crippen molar-refractivity contribution in [1.29, 1.82) is 0 Å². The molecular formula is C13H24O2. The van der Waals surface area contributed by atoms with Gasteiger partial charge in [-0.3, -0.25) is 0 Å². The summed E-state index contributed by atoms with van der Waals surface area (Å²) >= 11 is 0. The zero-order valence-electron chi connectivity index (χ0n) is 9.00. The van der Waals surface area contributed by atoms with Crippen LogP contribution in [0.1, 0.15) is 46.5 Å². The van der Waals surface area contributed by atoms with Crippen LogP contribution >= 0.6 is 0 Å². The summed E-state index contributed by atoms with van der Waals surface area (Å²) in [7, 11) is 0. The summed E-state index contributed by atoms with van der Waals surface area (Å²) in [6, 6.07) is 0. The van der Waals surface area contributed by atoms with Crippen LogP contribution in [0.3, 0.4) is 0 Å². The third-order valence-corrected chi connectivity index (χ3v) is 4.48. The lowest BCUT2D eigenvalue weighted by Crippen LogP contribution is -2.27. The van der Waals surface area contributed by atoms with Gasteiger partial charge in [-0.1, -0.05) is 20.8 Å². The molecule has 2 heteroatoms. The Balaban J connectivity index is 0.000000853. The molecule has 2 atom stereocenters. The van der Waals surface area contributed by atoms with Crippen molar-refractivity contribution in [2.45, 2.75) is 52.2 Å². The van der Waals surface area contributed by atoms with Gasteiger partial charge in [0.25, 0.3) is 0 Å². The van der Waals surface area contributed by atoms with Crippen LogP contribution in [0.2, 0.25) is 0 Å². The molecule has 2 aliphatic carbocycles. The Morgan fingerprint density at radius 3 is 2.07 bits per heavy atom. The van der Waals surface area contributed by atoms with Crippen LogP contribution in [0.5, 0.6) is 0 Å². The van der Waals surface area contributed by atoms with E-state index in [9.17, 15) is 0 Å². The van der Waals surface area contributed by atoms with Gasteiger partial charge in [0, 0.05) is 12.8 Å². The van der Waals surface area contributed by atoms with Crippen molar-refractivity contribution in [3.63, 3.8) is 0 Å². The normalized spacial score (nSPS) is 41.8. The van der Waals surface area contributed by atoms with Crippen LogP contribution in [0.15, 0.2) is 0 Å². The molecule has 15 heavy (non-hydrogen) atoms. The maximum atomic E-state index is 5.78. The average Bonchev–Trinajstić information content (AvgIpc) is 2.81. The zero-order valence-corrected chi connectivity index (χ0v) is 9.00. The summed E-state index contributed by atoms with van der Waals surface area (Å²) in [6.07, 6.45) is 6.56. The van der Waals surface area contributed by atoms with Crippen LogP contribution in [0, 0.1) is 17.8 Å². The number of rotatable bonds is 1. The average molecular weight is 212 g/mol. The molecule has 1 saturated heterocycles. The van der Waals surface area contributed by atoms with Gasteiger partial charge >= 0.3 is 0 Å².